The molecule has 2 aromatic rings. The van der Waals surface area contributed by atoms with Crippen LogP contribution in [0.5, 0.6) is 11.5 Å². The molecule has 2 amide bonds. The molecule has 0 bridgehead atoms. The van der Waals surface area contributed by atoms with E-state index in [9.17, 15) is 14.0 Å². The summed E-state index contributed by atoms with van der Waals surface area (Å²) in [5, 5.41) is 2.72. The van der Waals surface area contributed by atoms with Crippen molar-refractivity contribution in [2.24, 2.45) is 0 Å². The van der Waals surface area contributed by atoms with Gasteiger partial charge in [0.2, 0.25) is 5.91 Å². The van der Waals surface area contributed by atoms with Gasteiger partial charge < -0.3 is 14.8 Å². The predicted molar refractivity (Wildman–Crippen MR) is 145 cm³/mol. The topological polar surface area (TPSA) is 67.9 Å². The number of benzene rings is 2. The summed E-state index contributed by atoms with van der Waals surface area (Å²) in [6.07, 6.45) is 8.43. The Morgan fingerprint density at radius 2 is 1.92 bits per heavy atom. The number of thiocarbonyl (C=S) groups is 1. The summed E-state index contributed by atoms with van der Waals surface area (Å²) in [5.74, 6) is 0.609. The second-order valence-electron chi connectivity index (χ2n) is 8.78. The number of rotatable bonds is 9. The van der Waals surface area contributed by atoms with Crippen LogP contribution in [0, 0.1) is 5.82 Å². The molecule has 4 rings (SSSR count). The van der Waals surface area contributed by atoms with Gasteiger partial charge in [-0.2, -0.15) is 0 Å². The molecule has 0 spiro atoms. The second kappa shape index (κ2) is 12.4. The molecule has 190 valence electrons. The first-order valence-corrected chi connectivity index (χ1v) is 13.3. The first-order valence-electron chi connectivity index (χ1n) is 12.1. The van der Waals surface area contributed by atoms with Crippen molar-refractivity contribution in [3.63, 3.8) is 0 Å². The summed E-state index contributed by atoms with van der Waals surface area (Å²) < 4.78 is 25.2. The zero-order chi connectivity index (χ0) is 25.5. The van der Waals surface area contributed by atoms with Gasteiger partial charge in [-0.05, 0) is 80.1 Å². The Morgan fingerprint density at radius 3 is 2.64 bits per heavy atom. The van der Waals surface area contributed by atoms with Gasteiger partial charge >= 0.3 is 0 Å². The standard InChI is InChI=1S/C27H29FN2O4S2/c1-33-23-16-18(9-14-22(23)34-21-6-3-2-4-7-21)17-24-26(32)30(27(35)36-24)15-5-8-25(31)29-20-12-10-19(28)11-13-20/h9-14,16-17,21H,2-8,15H2,1H3,(H,29,31)/b24-17-. The number of anilines is 1. The fraction of sp³-hybridized carbons (Fsp3) is 0.370. The van der Waals surface area contributed by atoms with E-state index in [1.165, 1.54) is 60.2 Å². The monoisotopic (exact) mass is 528 g/mol. The summed E-state index contributed by atoms with van der Waals surface area (Å²) in [6.45, 7) is 0.344. The molecular formula is C27H29FN2O4S2. The lowest BCUT2D eigenvalue weighted by molar-refractivity contribution is -0.122. The third kappa shape index (κ3) is 6.85. The molecule has 1 heterocycles. The SMILES string of the molecule is COc1cc(/C=C2\SC(=S)N(CCCC(=O)Nc3ccc(F)cc3)C2=O)ccc1OC1CCCCC1. The third-order valence-corrected chi connectivity index (χ3v) is 7.50. The van der Waals surface area contributed by atoms with Crippen molar-refractivity contribution in [3.05, 3.63) is 58.8 Å². The van der Waals surface area contributed by atoms with Gasteiger partial charge in [0.25, 0.3) is 5.91 Å². The minimum absolute atomic E-state index is 0.176. The maximum atomic E-state index is 13.0. The Kier molecular flexibility index (Phi) is 8.98. The number of amides is 2. The minimum atomic E-state index is -0.363. The predicted octanol–water partition coefficient (Wildman–Crippen LogP) is 6.17. The van der Waals surface area contributed by atoms with E-state index in [-0.39, 0.29) is 30.2 Å². The van der Waals surface area contributed by atoms with Gasteiger partial charge in [0.1, 0.15) is 10.1 Å². The van der Waals surface area contributed by atoms with E-state index in [0.29, 0.717) is 39.4 Å². The number of halogens is 1. The Labute approximate surface area is 220 Å². The van der Waals surface area contributed by atoms with Crippen LogP contribution >= 0.6 is 24.0 Å². The lowest BCUT2D eigenvalue weighted by atomic mass is 9.98. The molecule has 1 N–H and O–H groups in total. The lowest BCUT2D eigenvalue weighted by Gasteiger charge is -2.24. The highest BCUT2D eigenvalue weighted by molar-refractivity contribution is 8.26. The second-order valence-corrected chi connectivity index (χ2v) is 10.5. The summed E-state index contributed by atoms with van der Waals surface area (Å²) in [4.78, 5) is 27.2. The summed E-state index contributed by atoms with van der Waals surface area (Å²) in [6, 6.07) is 11.2. The minimum Gasteiger partial charge on any atom is -0.493 e. The molecule has 6 nitrogen and oxygen atoms in total. The largest absolute Gasteiger partial charge is 0.493 e. The quantitative estimate of drug-likeness (QED) is 0.310. The first kappa shape index (κ1) is 26.2. The van der Waals surface area contributed by atoms with Gasteiger partial charge in [0.15, 0.2) is 11.5 Å². The third-order valence-electron chi connectivity index (χ3n) is 6.12. The Morgan fingerprint density at radius 1 is 1.17 bits per heavy atom. The maximum absolute atomic E-state index is 13.0. The summed E-state index contributed by atoms with van der Waals surface area (Å²) in [5.41, 5.74) is 1.35. The van der Waals surface area contributed by atoms with E-state index in [0.717, 1.165) is 18.4 Å². The van der Waals surface area contributed by atoms with Gasteiger partial charge in [-0.1, -0.05) is 36.5 Å². The van der Waals surface area contributed by atoms with Crippen LogP contribution in [0.2, 0.25) is 0 Å². The van der Waals surface area contributed by atoms with Crippen molar-refractivity contribution in [3.8, 4) is 11.5 Å². The molecule has 2 fully saturated rings. The Balaban J connectivity index is 1.33. The zero-order valence-electron chi connectivity index (χ0n) is 20.1. The van der Waals surface area contributed by atoms with Gasteiger partial charge in [0.05, 0.1) is 18.1 Å². The fourth-order valence-corrected chi connectivity index (χ4v) is 5.54. The van der Waals surface area contributed by atoms with Crippen LogP contribution in [0.25, 0.3) is 6.08 Å². The van der Waals surface area contributed by atoms with Crippen LogP contribution in [-0.4, -0.2) is 40.8 Å². The van der Waals surface area contributed by atoms with Crippen LogP contribution in [0.1, 0.15) is 50.5 Å². The maximum Gasteiger partial charge on any atom is 0.266 e. The summed E-state index contributed by atoms with van der Waals surface area (Å²) in [7, 11) is 1.61. The molecule has 1 aliphatic heterocycles. The number of carbonyl (C=O) groups excluding carboxylic acids is 2. The summed E-state index contributed by atoms with van der Waals surface area (Å²) >= 11 is 6.66. The van der Waals surface area contributed by atoms with Crippen molar-refractivity contribution < 1.29 is 23.5 Å². The van der Waals surface area contributed by atoms with Crippen LogP contribution in [0.4, 0.5) is 10.1 Å². The van der Waals surface area contributed by atoms with Crippen LogP contribution < -0.4 is 14.8 Å². The van der Waals surface area contributed by atoms with Gasteiger partial charge in [-0.25, -0.2) is 4.39 Å². The molecule has 2 aromatic carbocycles. The average molecular weight is 529 g/mol. The highest BCUT2D eigenvalue weighted by Gasteiger charge is 2.31. The van der Waals surface area contributed by atoms with E-state index < -0.39 is 0 Å². The van der Waals surface area contributed by atoms with Crippen molar-refractivity contribution in [2.75, 3.05) is 19.0 Å². The van der Waals surface area contributed by atoms with Crippen LogP contribution in [-0.2, 0) is 9.59 Å². The fourth-order valence-electron chi connectivity index (χ4n) is 4.23. The first-order chi connectivity index (χ1) is 17.4. The molecule has 2 aliphatic rings. The number of carbonyl (C=O) groups is 2. The van der Waals surface area contributed by atoms with E-state index in [4.69, 9.17) is 21.7 Å². The molecule has 0 radical (unpaired) electrons. The van der Waals surface area contributed by atoms with E-state index in [1.807, 2.05) is 18.2 Å². The van der Waals surface area contributed by atoms with Gasteiger partial charge in [-0.15, -0.1) is 0 Å². The highest BCUT2D eigenvalue weighted by Crippen LogP contribution is 2.36. The molecule has 1 saturated carbocycles. The number of nitrogens with zero attached hydrogens (tertiary/aromatic N) is 1. The normalized spacial score (nSPS) is 17.5. The van der Waals surface area contributed by atoms with E-state index in [1.54, 1.807) is 13.2 Å². The molecular weight excluding hydrogens is 499 g/mol. The van der Waals surface area contributed by atoms with Crippen LogP contribution in [0.15, 0.2) is 47.4 Å². The number of ether oxygens (including phenoxy) is 2. The number of thioether (sulfide) groups is 1. The molecule has 0 atom stereocenters. The van der Waals surface area contributed by atoms with Gasteiger partial charge in [0, 0.05) is 18.7 Å². The smallest absolute Gasteiger partial charge is 0.266 e. The Hall–Kier alpha value is -2.91. The zero-order valence-corrected chi connectivity index (χ0v) is 21.8. The van der Waals surface area contributed by atoms with E-state index >= 15 is 0 Å². The van der Waals surface area contributed by atoms with Gasteiger partial charge in [-0.3, -0.25) is 14.5 Å². The molecule has 1 saturated heterocycles. The van der Waals surface area contributed by atoms with Crippen molar-refractivity contribution in [1.29, 1.82) is 0 Å². The van der Waals surface area contributed by atoms with Crippen molar-refractivity contribution in [1.82, 2.24) is 4.90 Å². The van der Waals surface area contributed by atoms with E-state index in [2.05, 4.69) is 5.32 Å². The molecule has 0 unspecified atom stereocenters. The van der Waals surface area contributed by atoms with Crippen molar-refractivity contribution in [2.45, 2.75) is 51.0 Å². The Bertz CT molecular complexity index is 1150. The average Bonchev–Trinajstić information content (AvgIpc) is 3.14. The lowest BCUT2D eigenvalue weighted by Crippen LogP contribution is -2.29. The molecule has 1 aliphatic carbocycles. The highest BCUT2D eigenvalue weighted by atomic mass is 32.2. The number of nitrogens with one attached hydrogen (secondary N) is 1. The number of methoxy groups -OCH3 is 1. The number of hydrogen-bond acceptors (Lipinski definition) is 6. The van der Waals surface area contributed by atoms with Crippen molar-refractivity contribution >= 4 is 51.9 Å². The number of hydrogen-bond donors (Lipinski definition) is 1. The molecule has 36 heavy (non-hydrogen) atoms. The van der Waals surface area contributed by atoms with Crippen LogP contribution in [0.3, 0.4) is 0 Å². The molecule has 0 aromatic heterocycles. The molecule has 9 heteroatoms.